The van der Waals surface area contributed by atoms with Crippen LogP contribution in [0.5, 0.6) is 0 Å². The molecule has 1 aromatic carbocycles. The van der Waals surface area contributed by atoms with Crippen molar-refractivity contribution in [1.82, 2.24) is 9.55 Å². The van der Waals surface area contributed by atoms with Crippen LogP contribution >= 0.6 is 0 Å². The molecule has 0 fully saturated rings. The summed E-state index contributed by atoms with van der Waals surface area (Å²) in [6, 6.07) is 6.48. The van der Waals surface area contributed by atoms with E-state index in [1.807, 2.05) is 0 Å². The Hall–Kier alpha value is -1.31. The van der Waals surface area contributed by atoms with Crippen LogP contribution in [0.25, 0.3) is 11.0 Å². The predicted octanol–water partition coefficient (Wildman–Crippen LogP) is 2.54. The molecule has 2 heteroatoms. The Labute approximate surface area is 83.6 Å². The number of hydrogen-bond donors (Lipinski definition) is 0. The third-order valence-electron chi connectivity index (χ3n) is 3.07. The number of aryl methyl sites for hydroxylation is 3. The van der Waals surface area contributed by atoms with Crippen LogP contribution < -0.4 is 0 Å². The summed E-state index contributed by atoms with van der Waals surface area (Å²) in [6.07, 6.45) is 3.51. The molecule has 0 bridgehead atoms. The highest BCUT2D eigenvalue weighted by Crippen LogP contribution is 2.26. The van der Waals surface area contributed by atoms with Gasteiger partial charge in [-0.05, 0) is 24.5 Å². The Morgan fingerprint density at radius 2 is 2.36 bits per heavy atom. The van der Waals surface area contributed by atoms with Gasteiger partial charge in [-0.3, -0.25) is 0 Å². The predicted molar refractivity (Wildman–Crippen MR) is 57.4 cm³/mol. The third-order valence-corrected chi connectivity index (χ3v) is 3.07. The summed E-state index contributed by atoms with van der Waals surface area (Å²) in [7, 11) is 0. The second-order valence-electron chi connectivity index (χ2n) is 3.92. The van der Waals surface area contributed by atoms with Crippen LogP contribution in [0.15, 0.2) is 18.2 Å². The van der Waals surface area contributed by atoms with Crippen molar-refractivity contribution in [3.05, 3.63) is 29.6 Å². The first kappa shape index (κ1) is 8.04. The largest absolute Gasteiger partial charge is 0.328 e. The zero-order chi connectivity index (χ0) is 9.54. The zero-order valence-corrected chi connectivity index (χ0v) is 8.45. The van der Waals surface area contributed by atoms with Gasteiger partial charge in [0.05, 0.1) is 11.0 Å². The van der Waals surface area contributed by atoms with E-state index in [1.54, 1.807) is 0 Å². The molecule has 72 valence electrons. The standard InChI is InChI=1S/C12H14N2/c1-2-11-13-10-7-3-5-9-6-4-8-14(11)12(9)10/h3,5,7H,2,4,6,8H2,1H3. The maximum absolute atomic E-state index is 4.67. The molecule has 2 nitrogen and oxygen atoms in total. The average Bonchev–Trinajstić information content (AvgIpc) is 2.60. The number of aromatic nitrogens is 2. The summed E-state index contributed by atoms with van der Waals surface area (Å²) in [5.74, 6) is 1.24. The second-order valence-corrected chi connectivity index (χ2v) is 3.92. The number of nitrogens with zero attached hydrogens (tertiary/aromatic N) is 2. The van der Waals surface area contributed by atoms with Gasteiger partial charge in [0.1, 0.15) is 5.82 Å². The van der Waals surface area contributed by atoms with E-state index in [1.165, 1.54) is 35.3 Å². The van der Waals surface area contributed by atoms with Crippen LogP contribution in [-0.2, 0) is 19.4 Å². The van der Waals surface area contributed by atoms with E-state index in [2.05, 4.69) is 34.7 Å². The molecule has 0 saturated carbocycles. The Morgan fingerprint density at radius 3 is 3.21 bits per heavy atom. The van der Waals surface area contributed by atoms with Gasteiger partial charge in [-0.15, -0.1) is 0 Å². The van der Waals surface area contributed by atoms with Crippen molar-refractivity contribution in [1.29, 1.82) is 0 Å². The van der Waals surface area contributed by atoms with Gasteiger partial charge < -0.3 is 4.57 Å². The maximum Gasteiger partial charge on any atom is 0.109 e. The Bertz CT molecular complexity index is 482. The first-order chi connectivity index (χ1) is 6.90. The van der Waals surface area contributed by atoms with Crippen LogP contribution in [0.1, 0.15) is 24.7 Å². The van der Waals surface area contributed by atoms with Crippen LogP contribution in [0.2, 0.25) is 0 Å². The molecular weight excluding hydrogens is 172 g/mol. The lowest BCUT2D eigenvalue weighted by Crippen LogP contribution is -2.09. The van der Waals surface area contributed by atoms with E-state index in [4.69, 9.17) is 0 Å². The Morgan fingerprint density at radius 1 is 1.43 bits per heavy atom. The van der Waals surface area contributed by atoms with Crippen molar-refractivity contribution < 1.29 is 0 Å². The minimum Gasteiger partial charge on any atom is -0.328 e. The van der Waals surface area contributed by atoms with Gasteiger partial charge in [0.25, 0.3) is 0 Å². The van der Waals surface area contributed by atoms with Crippen molar-refractivity contribution in [2.24, 2.45) is 0 Å². The molecule has 1 aliphatic rings. The van der Waals surface area contributed by atoms with Crippen molar-refractivity contribution in [2.75, 3.05) is 0 Å². The molecule has 0 atom stereocenters. The number of hydrogen-bond acceptors (Lipinski definition) is 1. The van der Waals surface area contributed by atoms with Crippen LogP contribution in [-0.4, -0.2) is 9.55 Å². The van der Waals surface area contributed by atoms with Crippen molar-refractivity contribution >= 4 is 11.0 Å². The topological polar surface area (TPSA) is 17.8 Å². The van der Waals surface area contributed by atoms with Crippen LogP contribution in [0, 0.1) is 0 Å². The van der Waals surface area contributed by atoms with Crippen LogP contribution in [0.3, 0.4) is 0 Å². The fourth-order valence-corrected chi connectivity index (χ4v) is 2.45. The second kappa shape index (κ2) is 2.84. The molecule has 14 heavy (non-hydrogen) atoms. The van der Waals surface area contributed by atoms with Gasteiger partial charge in [-0.1, -0.05) is 19.1 Å². The van der Waals surface area contributed by atoms with E-state index >= 15 is 0 Å². The summed E-state index contributed by atoms with van der Waals surface area (Å²) >= 11 is 0. The first-order valence-electron chi connectivity index (χ1n) is 5.37. The summed E-state index contributed by atoms with van der Waals surface area (Å²) in [5.41, 5.74) is 4.04. The molecule has 0 N–H and O–H groups in total. The van der Waals surface area contributed by atoms with E-state index < -0.39 is 0 Å². The Balaban J connectivity index is 2.42. The minimum atomic E-state index is 1.04. The lowest BCUT2D eigenvalue weighted by Gasteiger charge is -2.15. The van der Waals surface area contributed by atoms with Crippen LogP contribution in [0.4, 0.5) is 0 Å². The summed E-state index contributed by atoms with van der Waals surface area (Å²) in [4.78, 5) is 4.67. The van der Waals surface area contributed by atoms with E-state index in [-0.39, 0.29) is 0 Å². The van der Waals surface area contributed by atoms with Gasteiger partial charge in [0, 0.05) is 13.0 Å². The summed E-state index contributed by atoms with van der Waals surface area (Å²) in [5, 5.41) is 0. The van der Waals surface area contributed by atoms with E-state index in [0.717, 1.165) is 13.0 Å². The molecule has 0 amide bonds. The number of imidazole rings is 1. The molecule has 3 rings (SSSR count). The minimum absolute atomic E-state index is 1.04. The quantitative estimate of drug-likeness (QED) is 0.669. The number of rotatable bonds is 1. The molecule has 0 aliphatic carbocycles. The highest BCUT2D eigenvalue weighted by atomic mass is 15.1. The van der Waals surface area contributed by atoms with E-state index in [0.29, 0.717) is 0 Å². The molecule has 0 spiro atoms. The monoisotopic (exact) mass is 186 g/mol. The Kier molecular flexibility index (Phi) is 1.63. The number of benzene rings is 1. The molecular formula is C12H14N2. The lowest BCUT2D eigenvalue weighted by atomic mass is 10.0. The molecule has 2 aromatic rings. The fourth-order valence-electron chi connectivity index (χ4n) is 2.45. The molecule has 0 saturated heterocycles. The number of para-hydroxylation sites is 1. The molecule has 0 radical (unpaired) electrons. The van der Waals surface area contributed by atoms with Crippen molar-refractivity contribution in [3.8, 4) is 0 Å². The first-order valence-corrected chi connectivity index (χ1v) is 5.37. The highest BCUT2D eigenvalue weighted by Gasteiger charge is 2.15. The van der Waals surface area contributed by atoms with Crippen molar-refractivity contribution in [3.63, 3.8) is 0 Å². The lowest BCUT2D eigenvalue weighted by molar-refractivity contribution is 0.606. The smallest absolute Gasteiger partial charge is 0.109 e. The fraction of sp³-hybridized carbons (Fsp3) is 0.417. The molecule has 2 heterocycles. The zero-order valence-electron chi connectivity index (χ0n) is 8.45. The molecule has 1 aromatic heterocycles. The maximum atomic E-state index is 4.67. The van der Waals surface area contributed by atoms with E-state index in [9.17, 15) is 0 Å². The molecule has 1 aliphatic heterocycles. The van der Waals surface area contributed by atoms with Gasteiger partial charge in [-0.25, -0.2) is 4.98 Å². The summed E-state index contributed by atoms with van der Waals surface area (Å²) in [6.45, 7) is 3.33. The van der Waals surface area contributed by atoms with Crippen molar-refractivity contribution in [2.45, 2.75) is 32.7 Å². The van der Waals surface area contributed by atoms with Gasteiger partial charge >= 0.3 is 0 Å². The average molecular weight is 186 g/mol. The SMILES string of the molecule is CCc1nc2cccc3c2n1CCC3. The van der Waals surface area contributed by atoms with Gasteiger partial charge in [-0.2, -0.15) is 0 Å². The normalized spacial score (nSPS) is 14.9. The van der Waals surface area contributed by atoms with Gasteiger partial charge in [0.2, 0.25) is 0 Å². The molecule has 0 unspecified atom stereocenters. The van der Waals surface area contributed by atoms with Gasteiger partial charge in [0.15, 0.2) is 0 Å². The third kappa shape index (κ3) is 0.939. The highest BCUT2D eigenvalue weighted by molar-refractivity contribution is 5.80. The summed E-state index contributed by atoms with van der Waals surface area (Å²) < 4.78 is 2.40.